The van der Waals surface area contributed by atoms with Gasteiger partial charge in [-0.15, -0.1) is 0 Å². The van der Waals surface area contributed by atoms with Crippen molar-refractivity contribution in [3.05, 3.63) is 54.5 Å². The van der Waals surface area contributed by atoms with E-state index < -0.39 is 11.0 Å². The first-order valence-electron chi connectivity index (χ1n) is 12.2. The van der Waals surface area contributed by atoms with Crippen molar-refractivity contribution >= 4 is 16.9 Å². The fraction of sp³-hybridized carbons (Fsp3) is 0.480. The molecule has 2 saturated heterocycles. The third-order valence-corrected chi connectivity index (χ3v) is 8.54. The molecule has 0 saturated carbocycles. The zero-order chi connectivity index (χ0) is 23.9. The van der Waals surface area contributed by atoms with Gasteiger partial charge in [-0.25, -0.2) is 27.9 Å². The van der Waals surface area contributed by atoms with Gasteiger partial charge < -0.3 is 14.2 Å². The van der Waals surface area contributed by atoms with E-state index in [0.717, 1.165) is 62.1 Å². The van der Waals surface area contributed by atoms with E-state index in [1.807, 2.05) is 22.9 Å². The van der Waals surface area contributed by atoms with E-state index in [9.17, 15) is 8.60 Å². The Hall–Kier alpha value is -2.85. The Labute approximate surface area is 206 Å². The summed E-state index contributed by atoms with van der Waals surface area (Å²) in [4.78, 5) is 15.6. The lowest BCUT2D eigenvalue weighted by molar-refractivity contribution is 0.132. The number of ether oxygens (including phenoxy) is 1. The number of anilines is 1. The molecule has 6 rings (SSSR count). The van der Waals surface area contributed by atoms with Gasteiger partial charge in [0, 0.05) is 43.6 Å². The molecular formula is C25H29FN6O2S. The van der Waals surface area contributed by atoms with Crippen molar-refractivity contribution in [3.8, 4) is 17.0 Å². The standard InChI is InChI=1S/C25H29FN6O2S/c1-35(33)31-9-3-4-18(15-31)34-19-12-28-25(29-13-19)30-10-7-17(8-11-30)24-23-20(5-2-6-21(23)26)22-14-27-16-32(22)24/h2,5-6,12-14,16-18,24H,3-4,7-11,15H2,1H3. The van der Waals surface area contributed by atoms with Gasteiger partial charge in [0.1, 0.15) is 11.9 Å². The van der Waals surface area contributed by atoms with Crippen LogP contribution in [-0.4, -0.2) is 66.6 Å². The molecule has 184 valence electrons. The molecule has 0 bridgehead atoms. The van der Waals surface area contributed by atoms with Crippen LogP contribution >= 0.6 is 0 Å². The Morgan fingerprint density at radius 3 is 2.66 bits per heavy atom. The van der Waals surface area contributed by atoms with Crippen molar-refractivity contribution in [1.82, 2.24) is 23.8 Å². The third-order valence-electron chi connectivity index (χ3n) is 7.48. The average Bonchev–Trinajstić information content (AvgIpc) is 3.47. The van der Waals surface area contributed by atoms with Crippen molar-refractivity contribution in [1.29, 1.82) is 0 Å². The Balaban J connectivity index is 1.10. The molecule has 2 fully saturated rings. The Morgan fingerprint density at radius 1 is 1.09 bits per heavy atom. The monoisotopic (exact) mass is 496 g/mol. The van der Waals surface area contributed by atoms with Crippen LogP contribution in [0.2, 0.25) is 0 Å². The highest BCUT2D eigenvalue weighted by Crippen LogP contribution is 2.46. The van der Waals surface area contributed by atoms with E-state index in [-0.39, 0.29) is 18.0 Å². The van der Waals surface area contributed by atoms with Gasteiger partial charge >= 0.3 is 0 Å². The maximum atomic E-state index is 14.9. The molecule has 3 aliphatic rings. The van der Waals surface area contributed by atoms with Crippen LogP contribution in [-0.2, 0) is 11.0 Å². The van der Waals surface area contributed by atoms with Gasteiger partial charge in [-0.05, 0) is 37.7 Å². The number of halogens is 1. The number of imidazole rings is 1. The van der Waals surface area contributed by atoms with Crippen LogP contribution in [0.4, 0.5) is 10.3 Å². The zero-order valence-electron chi connectivity index (χ0n) is 19.7. The lowest BCUT2D eigenvalue weighted by Crippen LogP contribution is -2.41. The molecule has 8 nitrogen and oxygen atoms in total. The zero-order valence-corrected chi connectivity index (χ0v) is 20.5. The van der Waals surface area contributed by atoms with Crippen LogP contribution in [0.25, 0.3) is 11.3 Å². The quantitative estimate of drug-likeness (QED) is 0.539. The highest BCUT2D eigenvalue weighted by Gasteiger charge is 2.38. The molecule has 0 spiro atoms. The predicted octanol–water partition coefficient (Wildman–Crippen LogP) is 3.44. The molecule has 3 aromatic rings. The summed E-state index contributed by atoms with van der Waals surface area (Å²) in [5, 5.41) is 0. The molecule has 3 unspecified atom stereocenters. The minimum atomic E-state index is -0.976. The van der Waals surface area contributed by atoms with E-state index in [0.29, 0.717) is 24.2 Å². The third kappa shape index (κ3) is 4.23. The number of piperidine rings is 2. The molecule has 10 heteroatoms. The van der Waals surface area contributed by atoms with Gasteiger partial charge in [0.05, 0.1) is 47.6 Å². The number of rotatable bonds is 5. The fourth-order valence-corrected chi connectivity index (χ4v) is 6.54. The first-order chi connectivity index (χ1) is 17.1. The molecule has 1 aromatic carbocycles. The molecule has 0 radical (unpaired) electrons. The van der Waals surface area contributed by atoms with Crippen LogP contribution in [0.3, 0.4) is 0 Å². The molecular weight excluding hydrogens is 467 g/mol. The molecule has 3 atom stereocenters. The fourth-order valence-electron chi connectivity index (χ4n) is 5.77. The Morgan fingerprint density at radius 2 is 1.89 bits per heavy atom. The van der Waals surface area contributed by atoms with Gasteiger partial charge in [-0.2, -0.15) is 0 Å². The van der Waals surface area contributed by atoms with E-state index in [1.165, 1.54) is 0 Å². The second kappa shape index (κ2) is 9.31. The molecule has 0 amide bonds. The van der Waals surface area contributed by atoms with Crippen LogP contribution in [0.15, 0.2) is 43.1 Å². The lowest BCUT2D eigenvalue weighted by atomic mass is 9.85. The van der Waals surface area contributed by atoms with Crippen molar-refractivity contribution < 1.29 is 13.3 Å². The van der Waals surface area contributed by atoms with Crippen LogP contribution in [0.1, 0.15) is 37.3 Å². The van der Waals surface area contributed by atoms with Crippen molar-refractivity contribution in [2.24, 2.45) is 5.92 Å². The predicted molar refractivity (Wildman–Crippen MR) is 132 cm³/mol. The van der Waals surface area contributed by atoms with Gasteiger partial charge in [0.2, 0.25) is 5.95 Å². The largest absolute Gasteiger partial charge is 0.486 e. The summed E-state index contributed by atoms with van der Waals surface area (Å²) in [6, 6.07) is 5.31. The lowest BCUT2D eigenvalue weighted by Gasteiger charge is -2.35. The van der Waals surface area contributed by atoms with Gasteiger partial charge in [-0.3, -0.25) is 0 Å². The number of nitrogens with zero attached hydrogens (tertiary/aromatic N) is 6. The number of benzene rings is 1. The van der Waals surface area contributed by atoms with Gasteiger partial charge in [0.15, 0.2) is 5.75 Å². The molecule has 0 N–H and O–H groups in total. The van der Waals surface area contributed by atoms with Crippen molar-refractivity contribution in [2.45, 2.75) is 37.8 Å². The molecule has 5 heterocycles. The Kier molecular flexibility index (Phi) is 6.01. The summed E-state index contributed by atoms with van der Waals surface area (Å²) in [6.45, 7) is 3.13. The molecule has 0 aliphatic carbocycles. The summed E-state index contributed by atoms with van der Waals surface area (Å²) in [5.41, 5.74) is 2.76. The highest BCUT2D eigenvalue weighted by atomic mass is 32.2. The second-order valence-corrected chi connectivity index (χ2v) is 10.9. The maximum absolute atomic E-state index is 14.9. The molecule has 35 heavy (non-hydrogen) atoms. The van der Waals surface area contributed by atoms with Crippen molar-refractivity contribution in [2.75, 3.05) is 37.3 Å². The van der Waals surface area contributed by atoms with Crippen LogP contribution in [0.5, 0.6) is 5.75 Å². The maximum Gasteiger partial charge on any atom is 0.225 e. The number of fused-ring (bicyclic) bond motifs is 3. The van der Waals surface area contributed by atoms with E-state index in [2.05, 4.69) is 24.4 Å². The molecule has 2 aromatic heterocycles. The van der Waals surface area contributed by atoms with Gasteiger partial charge in [0.25, 0.3) is 0 Å². The topological polar surface area (TPSA) is 76.4 Å². The highest BCUT2D eigenvalue weighted by molar-refractivity contribution is 7.81. The van der Waals surface area contributed by atoms with Gasteiger partial charge in [-0.1, -0.05) is 12.1 Å². The smallest absolute Gasteiger partial charge is 0.225 e. The van der Waals surface area contributed by atoms with Crippen LogP contribution < -0.4 is 9.64 Å². The summed E-state index contributed by atoms with van der Waals surface area (Å²) in [7, 11) is -0.976. The summed E-state index contributed by atoms with van der Waals surface area (Å²) < 4.78 is 36.8. The Bertz CT molecular complexity index is 1230. The molecule has 3 aliphatic heterocycles. The second-order valence-electron chi connectivity index (χ2n) is 9.57. The summed E-state index contributed by atoms with van der Waals surface area (Å²) in [5.74, 6) is 1.52. The first-order valence-corrected chi connectivity index (χ1v) is 13.7. The first kappa shape index (κ1) is 22.6. The minimum absolute atomic E-state index is 0.000553. The number of hydrogen-bond donors (Lipinski definition) is 0. The van der Waals surface area contributed by atoms with E-state index >= 15 is 0 Å². The minimum Gasteiger partial charge on any atom is -0.486 e. The summed E-state index contributed by atoms with van der Waals surface area (Å²) in [6.07, 6.45) is 12.6. The number of aromatic nitrogens is 4. The number of hydrogen-bond acceptors (Lipinski definition) is 6. The summed E-state index contributed by atoms with van der Waals surface area (Å²) >= 11 is 0. The average molecular weight is 497 g/mol. The normalized spacial score (nSPS) is 23.7. The van der Waals surface area contributed by atoms with Crippen molar-refractivity contribution in [3.63, 3.8) is 0 Å². The van der Waals surface area contributed by atoms with E-state index in [4.69, 9.17) is 4.74 Å². The van der Waals surface area contributed by atoms with E-state index in [1.54, 1.807) is 30.8 Å². The van der Waals surface area contributed by atoms with Crippen LogP contribution in [0, 0.1) is 11.7 Å². The SMILES string of the molecule is CS(=O)N1CCCC(Oc2cnc(N3CCC(C4c5c(F)cccc5-c5cncn54)CC3)nc2)C1.